The van der Waals surface area contributed by atoms with Crippen LogP contribution in [0.3, 0.4) is 0 Å². The monoisotopic (exact) mass is 447 g/mol. The van der Waals surface area contributed by atoms with Crippen LogP contribution in [-0.4, -0.2) is 25.9 Å². The van der Waals surface area contributed by atoms with Crippen molar-refractivity contribution < 1.29 is 9.53 Å². The molecule has 1 atom stereocenters. The van der Waals surface area contributed by atoms with Crippen LogP contribution in [0.25, 0.3) is 10.8 Å². The minimum atomic E-state index is -0.368. The number of nitrogens with one attached hydrogen (secondary N) is 1. The molecule has 1 amide bonds. The lowest BCUT2D eigenvalue weighted by Gasteiger charge is -2.14. The number of carbonyl (C=O) groups excluding carboxylic acids is 1. The molecule has 0 unspecified atom stereocenters. The fourth-order valence-corrected chi connectivity index (χ4v) is 4.03. The highest BCUT2D eigenvalue weighted by Gasteiger charge is 2.20. The van der Waals surface area contributed by atoms with Gasteiger partial charge in [0.2, 0.25) is 5.91 Å². The third-order valence-corrected chi connectivity index (χ3v) is 6.32. The Labute approximate surface area is 191 Å². The molecular formula is C24H25N5O2S. The minimum absolute atomic E-state index is 0.124. The van der Waals surface area contributed by atoms with Crippen molar-refractivity contribution in [3.8, 4) is 5.75 Å². The third-order valence-electron chi connectivity index (χ3n) is 5.18. The maximum atomic E-state index is 12.7. The number of nitrogens with zero attached hydrogens (tertiary/aromatic N) is 3. The Bertz CT molecular complexity index is 1270. The second-order valence-electron chi connectivity index (χ2n) is 7.58. The van der Waals surface area contributed by atoms with Crippen molar-refractivity contribution in [3.05, 3.63) is 72.1 Å². The molecule has 164 valence electrons. The maximum Gasteiger partial charge on any atom is 0.237 e. The average molecular weight is 448 g/mol. The number of amides is 1. The molecule has 0 fully saturated rings. The van der Waals surface area contributed by atoms with Gasteiger partial charge in [0.1, 0.15) is 12.4 Å². The highest BCUT2D eigenvalue weighted by molar-refractivity contribution is 8.00. The summed E-state index contributed by atoms with van der Waals surface area (Å²) in [6, 6.07) is 19.6. The summed E-state index contributed by atoms with van der Waals surface area (Å²) in [7, 11) is 1.87. The number of thioether (sulfide) groups is 1. The summed E-state index contributed by atoms with van der Waals surface area (Å²) in [6.07, 6.45) is 0. The van der Waals surface area contributed by atoms with Crippen molar-refractivity contribution >= 4 is 39.8 Å². The number of aryl methyl sites for hydroxylation is 1. The number of rotatable bonds is 7. The Balaban J connectivity index is 1.38. The van der Waals surface area contributed by atoms with Crippen LogP contribution in [0.15, 0.2) is 65.8 Å². The van der Waals surface area contributed by atoms with Crippen molar-refractivity contribution in [1.29, 1.82) is 0 Å². The molecule has 0 radical (unpaired) electrons. The molecule has 32 heavy (non-hydrogen) atoms. The fourth-order valence-electron chi connectivity index (χ4n) is 3.20. The lowest BCUT2D eigenvalue weighted by Crippen LogP contribution is -2.23. The quantitative estimate of drug-likeness (QED) is 0.319. The van der Waals surface area contributed by atoms with Crippen molar-refractivity contribution in [3.63, 3.8) is 0 Å². The summed E-state index contributed by atoms with van der Waals surface area (Å²) in [5.41, 5.74) is 8.11. The molecule has 7 nitrogen and oxygen atoms in total. The first kappa shape index (κ1) is 21.7. The van der Waals surface area contributed by atoms with E-state index in [1.807, 2.05) is 67.9 Å². The normalized spacial score (nSPS) is 12.0. The highest BCUT2D eigenvalue weighted by atomic mass is 32.2. The summed E-state index contributed by atoms with van der Waals surface area (Å²) >= 11 is 1.34. The molecule has 3 aromatic carbocycles. The van der Waals surface area contributed by atoms with Gasteiger partial charge in [0, 0.05) is 18.4 Å². The first-order chi connectivity index (χ1) is 15.4. The van der Waals surface area contributed by atoms with Gasteiger partial charge in [0.15, 0.2) is 11.0 Å². The maximum absolute atomic E-state index is 12.7. The van der Waals surface area contributed by atoms with E-state index in [4.69, 9.17) is 10.5 Å². The van der Waals surface area contributed by atoms with Gasteiger partial charge in [-0.15, -0.1) is 10.2 Å². The topological polar surface area (TPSA) is 95.1 Å². The number of hydrogen-bond donors (Lipinski definition) is 2. The largest absolute Gasteiger partial charge is 0.486 e. The first-order valence-electron chi connectivity index (χ1n) is 10.2. The lowest BCUT2D eigenvalue weighted by atomic mass is 10.1. The summed E-state index contributed by atoms with van der Waals surface area (Å²) < 4.78 is 7.77. The van der Waals surface area contributed by atoms with Crippen LogP contribution in [0.2, 0.25) is 0 Å². The highest BCUT2D eigenvalue weighted by Crippen LogP contribution is 2.25. The van der Waals surface area contributed by atoms with Crippen LogP contribution in [0.5, 0.6) is 5.75 Å². The molecule has 1 heterocycles. The summed E-state index contributed by atoms with van der Waals surface area (Å²) in [4.78, 5) is 12.7. The van der Waals surface area contributed by atoms with Crippen LogP contribution < -0.4 is 15.8 Å². The standard InChI is InChI=1S/C24H25N5O2S/c1-15-8-10-19(25)13-21(15)26-23(30)16(2)32-24-28-27-22(29(24)3)14-31-20-11-9-17-6-4-5-7-18(17)12-20/h4-13,16H,14,25H2,1-3H3,(H,26,30)/t16-/m1/s1. The molecule has 8 heteroatoms. The molecule has 0 saturated carbocycles. The number of aromatic nitrogens is 3. The third kappa shape index (κ3) is 4.86. The number of nitrogens with two attached hydrogens (primary N) is 1. The second kappa shape index (κ2) is 9.32. The molecule has 0 saturated heterocycles. The molecule has 0 aliphatic carbocycles. The zero-order valence-electron chi connectivity index (χ0n) is 18.2. The Morgan fingerprint density at radius 2 is 1.91 bits per heavy atom. The number of nitrogen functional groups attached to an aromatic ring is 1. The molecule has 4 rings (SSSR count). The first-order valence-corrected chi connectivity index (χ1v) is 11.1. The Morgan fingerprint density at radius 1 is 1.12 bits per heavy atom. The number of benzene rings is 3. The van der Waals surface area contributed by atoms with Gasteiger partial charge < -0.3 is 20.4 Å². The van der Waals surface area contributed by atoms with Gasteiger partial charge >= 0.3 is 0 Å². The molecule has 0 aliphatic rings. The van der Waals surface area contributed by atoms with E-state index in [9.17, 15) is 4.79 Å². The van der Waals surface area contributed by atoms with E-state index in [2.05, 4.69) is 27.6 Å². The number of fused-ring (bicyclic) bond motifs is 1. The van der Waals surface area contributed by atoms with Crippen LogP contribution in [0.4, 0.5) is 11.4 Å². The molecule has 0 spiro atoms. The van der Waals surface area contributed by atoms with Gasteiger partial charge in [-0.2, -0.15) is 0 Å². The Kier molecular flexibility index (Phi) is 6.32. The van der Waals surface area contributed by atoms with E-state index in [1.165, 1.54) is 11.8 Å². The van der Waals surface area contributed by atoms with E-state index in [-0.39, 0.29) is 17.8 Å². The molecule has 0 bridgehead atoms. The van der Waals surface area contributed by atoms with Crippen molar-refractivity contribution in [2.75, 3.05) is 11.1 Å². The predicted molar refractivity (Wildman–Crippen MR) is 129 cm³/mol. The summed E-state index contributed by atoms with van der Waals surface area (Å²) in [5.74, 6) is 1.33. The zero-order valence-corrected chi connectivity index (χ0v) is 19.0. The molecule has 4 aromatic rings. The molecule has 1 aromatic heterocycles. The van der Waals surface area contributed by atoms with Gasteiger partial charge in [-0.3, -0.25) is 4.79 Å². The van der Waals surface area contributed by atoms with Gasteiger partial charge in [0.25, 0.3) is 0 Å². The molecule has 3 N–H and O–H groups in total. The van der Waals surface area contributed by atoms with Crippen molar-refractivity contribution in [1.82, 2.24) is 14.8 Å². The van der Waals surface area contributed by atoms with E-state index in [1.54, 1.807) is 6.07 Å². The predicted octanol–water partition coefficient (Wildman–Crippen LogP) is 4.56. The van der Waals surface area contributed by atoms with Crippen LogP contribution in [0.1, 0.15) is 18.3 Å². The summed E-state index contributed by atoms with van der Waals surface area (Å²) in [5, 5.41) is 14.0. The van der Waals surface area contributed by atoms with Gasteiger partial charge in [0.05, 0.1) is 5.25 Å². The minimum Gasteiger partial charge on any atom is -0.486 e. The molecular weight excluding hydrogens is 422 g/mol. The second-order valence-corrected chi connectivity index (χ2v) is 8.89. The van der Waals surface area contributed by atoms with Gasteiger partial charge in [-0.1, -0.05) is 48.2 Å². The lowest BCUT2D eigenvalue weighted by molar-refractivity contribution is -0.115. The number of carbonyl (C=O) groups is 1. The Morgan fingerprint density at radius 3 is 2.72 bits per heavy atom. The smallest absolute Gasteiger partial charge is 0.237 e. The fraction of sp³-hybridized carbons (Fsp3) is 0.208. The van der Waals surface area contributed by atoms with Gasteiger partial charge in [-0.25, -0.2) is 0 Å². The van der Waals surface area contributed by atoms with Crippen molar-refractivity contribution in [2.24, 2.45) is 7.05 Å². The van der Waals surface area contributed by atoms with Crippen LogP contribution in [-0.2, 0) is 18.4 Å². The van der Waals surface area contributed by atoms with Crippen LogP contribution >= 0.6 is 11.8 Å². The van der Waals surface area contributed by atoms with Crippen molar-refractivity contribution in [2.45, 2.75) is 30.9 Å². The van der Waals surface area contributed by atoms with Gasteiger partial charge in [-0.05, 0) is 54.4 Å². The zero-order chi connectivity index (χ0) is 22.7. The van der Waals surface area contributed by atoms with E-state index in [0.29, 0.717) is 22.4 Å². The summed E-state index contributed by atoms with van der Waals surface area (Å²) in [6.45, 7) is 4.05. The van der Waals surface area contributed by atoms with E-state index in [0.717, 1.165) is 22.1 Å². The number of ether oxygens (including phenoxy) is 1. The average Bonchev–Trinajstić information content (AvgIpc) is 3.13. The van der Waals surface area contributed by atoms with Crippen LogP contribution in [0, 0.1) is 6.92 Å². The SMILES string of the molecule is Cc1ccc(N)cc1NC(=O)[C@@H](C)Sc1nnc(COc2ccc3ccccc3c2)n1C. The molecule has 0 aliphatic heterocycles. The Hall–Kier alpha value is -3.52. The van der Waals surface area contributed by atoms with E-state index >= 15 is 0 Å². The van der Waals surface area contributed by atoms with E-state index < -0.39 is 0 Å². The number of anilines is 2. The number of hydrogen-bond acceptors (Lipinski definition) is 6.